The minimum absolute atomic E-state index is 0. The van der Waals surface area contributed by atoms with Crippen LogP contribution in [0, 0.1) is 6.92 Å². The Kier molecular flexibility index (Phi) is 9.45. The highest BCUT2D eigenvalue weighted by atomic mass is 35.5. The number of unbranched alkanes of at least 4 members (excludes halogenated alkanes) is 1. The fourth-order valence-corrected chi connectivity index (χ4v) is 3.98. The van der Waals surface area contributed by atoms with Crippen LogP contribution in [0.4, 0.5) is 5.69 Å². The van der Waals surface area contributed by atoms with Crippen molar-refractivity contribution in [3.8, 4) is 0 Å². The summed E-state index contributed by atoms with van der Waals surface area (Å²) in [7, 11) is -3.81. The molecule has 0 atom stereocenters. The molecule has 2 rings (SSSR count). The molecule has 0 bridgehead atoms. The van der Waals surface area contributed by atoms with Gasteiger partial charge in [-0.15, -0.1) is 12.4 Å². The molecule has 28 heavy (non-hydrogen) atoms. The Labute approximate surface area is 173 Å². The van der Waals surface area contributed by atoms with Crippen LogP contribution >= 0.6 is 12.4 Å². The Morgan fingerprint density at radius 2 is 1.79 bits per heavy atom. The number of hydrogen-bond donors (Lipinski definition) is 3. The number of carbonyl (C=O) groups excluding carboxylic acids is 1. The van der Waals surface area contributed by atoms with Crippen LogP contribution < -0.4 is 15.8 Å². The summed E-state index contributed by atoms with van der Waals surface area (Å²) >= 11 is 0. The normalized spacial score (nSPS) is 10.8. The topological polar surface area (TPSA) is 101 Å². The van der Waals surface area contributed by atoms with Crippen LogP contribution in [0.15, 0.2) is 47.4 Å². The van der Waals surface area contributed by atoms with Gasteiger partial charge in [0.05, 0.1) is 4.90 Å². The average molecular weight is 426 g/mol. The zero-order valence-electron chi connectivity index (χ0n) is 16.2. The maximum absolute atomic E-state index is 12.8. The standard InChI is InChI=1S/C20H27N3O3S.ClH/c1-3-4-5-16-7-10-18(11-8-16)23-27(25,26)19-14-17(9-6-15(19)2)20(24)22-13-12-21;/h6-11,14,23H,3-5,12-13,21H2,1-2H3,(H,22,24);1H. The van der Waals surface area contributed by atoms with E-state index in [1.807, 2.05) is 12.1 Å². The first-order valence-corrected chi connectivity index (χ1v) is 10.6. The molecule has 0 saturated heterocycles. The van der Waals surface area contributed by atoms with Gasteiger partial charge < -0.3 is 11.1 Å². The van der Waals surface area contributed by atoms with E-state index in [4.69, 9.17) is 5.73 Å². The van der Waals surface area contributed by atoms with E-state index in [1.165, 1.54) is 11.6 Å². The summed E-state index contributed by atoms with van der Waals surface area (Å²) < 4.78 is 28.2. The van der Waals surface area contributed by atoms with E-state index in [0.29, 0.717) is 24.3 Å². The third-order valence-electron chi connectivity index (χ3n) is 4.19. The average Bonchev–Trinajstić information content (AvgIpc) is 2.65. The van der Waals surface area contributed by atoms with Gasteiger partial charge >= 0.3 is 0 Å². The van der Waals surface area contributed by atoms with Gasteiger partial charge in [-0.1, -0.05) is 31.5 Å². The first kappa shape index (κ1) is 23.9. The number of anilines is 1. The molecule has 0 fully saturated rings. The predicted molar refractivity (Wildman–Crippen MR) is 116 cm³/mol. The lowest BCUT2D eigenvalue weighted by atomic mass is 10.1. The molecule has 0 aromatic heterocycles. The summed E-state index contributed by atoms with van der Waals surface area (Å²) in [5, 5.41) is 2.64. The summed E-state index contributed by atoms with van der Waals surface area (Å²) in [5.74, 6) is -0.350. The van der Waals surface area contributed by atoms with Crippen LogP contribution in [0.5, 0.6) is 0 Å². The second kappa shape index (κ2) is 11.0. The van der Waals surface area contributed by atoms with Gasteiger partial charge in [-0.2, -0.15) is 0 Å². The zero-order valence-corrected chi connectivity index (χ0v) is 17.8. The van der Waals surface area contributed by atoms with Gasteiger partial charge in [0.15, 0.2) is 0 Å². The van der Waals surface area contributed by atoms with E-state index >= 15 is 0 Å². The van der Waals surface area contributed by atoms with Gasteiger partial charge in [-0.05, 0) is 55.2 Å². The number of nitrogens with two attached hydrogens (primary N) is 1. The smallest absolute Gasteiger partial charge is 0.262 e. The summed E-state index contributed by atoms with van der Waals surface area (Å²) in [6.45, 7) is 4.48. The molecular formula is C20H28ClN3O3S. The summed E-state index contributed by atoms with van der Waals surface area (Å²) in [5.41, 5.74) is 7.90. The molecule has 0 aliphatic rings. The number of aryl methyl sites for hydroxylation is 2. The fourth-order valence-electron chi connectivity index (χ4n) is 2.65. The lowest BCUT2D eigenvalue weighted by Gasteiger charge is -2.12. The van der Waals surface area contributed by atoms with Crippen molar-refractivity contribution in [2.75, 3.05) is 17.8 Å². The Morgan fingerprint density at radius 3 is 2.39 bits per heavy atom. The van der Waals surface area contributed by atoms with Crippen LogP contribution in [0.3, 0.4) is 0 Å². The molecule has 154 valence electrons. The maximum atomic E-state index is 12.8. The van der Waals surface area contributed by atoms with Gasteiger partial charge in [0, 0.05) is 24.3 Å². The molecule has 8 heteroatoms. The number of halogens is 1. The number of carbonyl (C=O) groups is 1. The molecule has 0 unspecified atom stereocenters. The summed E-state index contributed by atoms with van der Waals surface area (Å²) in [4.78, 5) is 12.2. The fraction of sp³-hybridized carbons (Fsp3) is 0.350. The van der Waals surface area contributed by atoms with Crippen molar-refractivity contribution in [3.05, 3.63) is 59.2 Å². The number of amides is 1. The lowest BCUT2D eigenvalue weighted by molar-refractivity contribution is 0.0954. The largest absolute Gasteiger partial charge is 0.351 e. The molecule has 1 amide bonds. The van der Waals surface area contributed by atoms with Crippen molar-refractivity contribution >= 4 is 34.0 Å². The molecule has 4 N–H and O–H groups in total. The minimum atomic E-state index is -3.81. The van der Waals surface area contributed by atoms with Crippen molar-refractivity contribution < 1.29 is 13.2 Å². The van der Waals surface area contributed by atoms with Gasteiger partial charge in [-0.3, -0.25) is 9.52 Å². The predicted octanol–water partition coefficient (Wildman–Crippen LogP) is 3.25. The van der Waals surface area contributed by atoms with Gasteiger partial charge in [-0.25, -0.2) is 8.42 Å². The Hall–Kier alpha value is -2.09. The van der Waals surface area contributed by atoms with Crippen molar-refractivity contribution in [2.24, 2.45) is 5.73 Å². The van der Waals surface area contributed by atoms with E-state index in [0.717, 1.165) is 19.3 Å². The van der Waals surface area contributed by atoms with Crippen LogP contribution in [-0.4, -0.2) is 27.4 Å². The molecule has 0 aliphatic carbocycles. The van der Waals surface area contributed by atoms with Crippen LogP contribution in [-0.2, 0) is 16.4 Å². The van der Waals surface area contributed by atoms with Gasteiger partial charge in [0.25, 0.3) is 15.9 Å². The molecule has 2 aromatic carbocycles. The highest BCUT2D eigenvalue weighted by Gasteiger charge is 2.19. The van der Waals surface area contributed by atoms with Crippen LogP contribution in [0.2, 0.25) is 0 Å². The Balaban J connectivity index is 0.00000392. The number of benzene rings is 2. The Morgan fingerprint density at radius 1 is 1.11 bits per heavy atom. The van der Waals surface area contributed by atoms with Gasteiger partial charge in [0.2, 0.25) is 0 Å². The molecule has 0 aliphatic heterocycles. The summed E-state index contributed by atoms with van der Waals surface area (Å²) in [6.07, 6.45) is 3.19. The van der Waals surface area contributed by atoms with Crippen molar-refractivity contribution in [1.82, 2.24) is 5.32 Å². The molecule has 0 heterocycles. The molecule has 2 aromatic rings. The number of nitrogens with one attached hydrogen (secondary N) is 2. The second-order valence-corrected chi connectivity index (χ2v) is 8.08. The number of rotatable bonds is 9. The summed E-state index contributed by atoms with van der Waals surface area (Å²) in [6, 6.07) is 12.0. The molecule has 0 radical (unpaired) electrons. The first-order valence-electron chi connectivity index (χ1n) is 9.08. The SMILES string of the molecule is CCCCc1ccc(NS(=O)(=O)c2cc(C(=O)NCCN)ccc2C)cc1.Cl. The highest BCUT2D eigenvalue weighted by Crippen LogP contribution is 2.21. The molecule has 0 spiro atoms. The lowest BCUT2D eigenvalue weighted by Crippen LogP contribution is -2.29. The van der Waals surface area contributed by atoms with Crippen molar-refractivity contribution in [1.29, 1.82) is 0 Å². The van der Waals surface area contributed by atoms with Crippen LogP contribution in [0.1, 0.15) is 41.3 Å². The second-order valence-electron chi connectivity index (χ2n) is 6.43. The van der Waals surface area contributed by atoms with Crippen LogP contribution in [0.25, 0.3) is 0 Å². The van der Waals surface area contributed by atoms with E-state index in [2.05, 4.69) is 17.0 Å². The third-order valence-corrected chi connectivity index (χ3v) is 5.72. The Bertz CT molecular complexity index is 884. The number of hydrogen-bond acceptors (Lipinski definition) is 4. The number of sulfonamides is 1. The quantitative estimate of drug-likeness (QED) is 0.573. The minimum Gasteiger partial charge on any atom is -0.351 e. The van der Waals surface area contributed by atoms with Crippen molar-refractivity contribution in [3.63, 3.8) is 0 Å². The van der Waals surface area contributed by atoms with E-state index in [1.54, 1.807) is 31.2 Å². The van der Waals surface area contributed by atoms with Gasteiger partial charge in [0.1, 0.15) is 0 Å². The van der Waals surface area contributed by atoms with E-state index in [-0.39, 0.29) is 28.8 Å². The first-order chi connectivity index (χ1) is 12.9. The zero-order chi connectivity index (χ0) is 19.9. The molecule has 6 nitrogen and oxygen atoms in total. The van der Waals surface area contributed by atoms with Crippen molar-refractivity contribution in [2.45, 2.75) is 38.0 Å². The maximum Gasteiger partial charge on any atom is 0.262 e. The monoisotopic (exact) mass is 425 g/mol. The van der Waals surface area contributed by atoms with E-state index in [9.17, 15) is 13.2 Å². The third kappa shape index (κ3) is 6.51. The van der Waals surface area contributed by atoms with E-state index < -0.39 is 10.0 Å². The molecular weight excluding hydrogens is 398 g/mol. The highest BCUT2D eigenvalue weighted by molar-refractivity contribution is 7.92. The molecule has 0 saturated carbocycles.